The molecule has 0 saturated carbocycles. The SMILES string of the molecule is Clc1ccc(CSc2nc(COc3ccc(Br)cc3)no2)cc1. The third-order valence-corrected chi connectivity index (χ3v) is 4.58. The van der Waals surface area contributed by atoms with Gasteiger partial charge in [0.05, 0.1) is 0 Å². The highest BCUT2D eigenvalue weighted by Gasteiger charge is 2.08. The van der Waals surface area contributed by atoms with Crippen LogP contribution in [0.15, 0.2) is 62.7 Å². The van der Waals surface area contributed by atoms with E-state index in [2.05, 4.69) is 26.1 Å². The van der Waals surface area contributed by atoms with Gasteiger partial charge in [0.1, 0.15) is 5.75 Å². The predicted molar refractivity (Wildman–Crippen MR) is 93.8 cm³/mol. The fourth-order valence-electron chi connectivity index (χ4n) is 1.76. The van der Waals surface area contributed by atoms with Crippen LogP contribution >= 0.6 is 39.3 Å². The average Bonchev–Trinajstić information content (AvgIpc) is 3.02. The maximum absolute atomic E-state index is 5.86. The number of thioether (sulfide) groups is 1. The van der Waals surface area contributed by atoms with Gasteiger partial charge in [0.25, 0.3) is 5.22 Å². The van der Waals surface area contributed by atoms with Gasteiger partial charge in [-0.3, -0.25) is 0 Å². The first kappa shape index (κ1) is 16.4. The summed E-state index contributed by atoms with van der Waals surface area (Å²) in [7, 11) is 0. The Morgan fingerprint density at radius 3 is 2.57 bits per heavy atom. The Bertz CT molecular complexity index is 699. The standard InChI is InChI=1S/C16H12BrClN2O2S/c17-12-3-7-14(8-4-12)21-9-15-19-16(22-20-15)23-10-11-1-5-13(18)6-2-11/h1-8H,9-10H2. The minimum absolute atomic E-state index is 0.270. The lowest BCUT2D eigenvalue weighted by Crippen LogP contribution is -1.97. The fourth-order valence-corrected chi connectivity index (χ4v) is 2.89. The van der Waals surface area contributed by atoms with E-state index in [1.807, 2.05) is 48.5 Å². The molecule has 23 heavy (non-hydrogen) atoms. The number of ether oxygens (including phenoxy) is 1. The molecule has 0 aliphatic heterocycles. The zero-order valence-corrected chi connectivity index (χ0v) is 15.1. The van der Waals surface area contributed by atoms with Crippen molar-refractivity contribution in [2.45, 2.75) is 17.6 Å². The molecule has 2 aromatic carbocycles. The van der Waals surface area contributed by atoms with Gasteiger partial charge in [0, 0.05) is 15.2 Å². The van der Waals surface area contributed by atoms with Crippen LogP contribution in [0.1, 0.15) is 11.4 Å². The van der Waals surface area contributed by atoms with Crippen molar-refractivity contribution in [3.63, 3.8) is 0 Å². The normalized spacial score (nSPS) is 10.7. The smallest absolute Gasteiger partial charge is 0.286 e. The van der Waals surface area contributed by atoms with Gasteiger partial charge < -0.3 is 9.26 Å². The number of rotatable bonds is 6. The van der Waals surface area contributed by atoms with Crippen LogP contribution in [0.3, 0.4) is 0 Å². The molecule has 0 unspecified atom stereocenters. The van der Waals surface area contributed by atoms with Crippen molar-refractivity contribution in [1.82, 2.24) is 10.1 Å². The Morgan fingerprint density at radius 1 is 1.09 bits per heavy atom. The molecule has 3 rings (SSSR count). The van der Waals surface area contributed by atoms with Gasteiger partial charge in [-0.2, -0.15) is 4.98 Å². The Labute approximate surface area is 151 Å². The molecule has 0 spiro atoms. The Kier molecular flexibility index (Phi) is 5.59. The zero-order chi connectivity index (χ0) is 16.1. The molecular formula is C16H12BrClN2O2S. The monoisotopic (exact) mass is 410 g/mol. The molecule has 4 nitrogen and oxygen atoms in total. The van der Waals surface area contributed by atoms with Crippen LogP contribution in [0.4, 0.5) is 0 Å². The van der Waals surface area contributed by atoms with Crippen LogP contribution in [0.25, 0.3) is 0 Å². The number of hydrogen-bond acceptors (Lipinski definition) is 5. The summed E-state index contributed by atoms with van der Waals surface area (Å²) in [4.78, 5) is 4.30. The molecular weight excluding hydrogens is 400 g/mol. The number of hydrogen-bond donors (Lipinski definition) is 0. The number of aromatic nitrogens is 2. The maximum atomic E-state index is 5.86. The summed E-state index contributed by atoms with van der Waals surface area (Å²) in [5.74, 6) is 2.02. The third kappa shape index (κ3) is 4.99. The summed E-state index contributed by atoms with van der Waals surface area (Å²) >= 11 is 10.7. The number of nitrogens with zero attached hydrogens (tertiary/aromatic N) is 2. The fraction of sp³-hybridized carbons (Fsp3) is 0.125. The molecule has 0 fully saturated rings. The highest BCUT2D eigenvalue weighted by molar-refractivity contribution is 9.10. The van der Waals surface area contributed by atoms with E-state index in [9.17, 15) is 0 Å². The van der Waals surface area contributed by atoms with Crippen molar-refractivity contribution >= 4 is 39.3 Å². The molecule has 7 heteroatoms. The molecule has 0 aliphatic rings. The quantitative estimate of drug-likeness (QED) is 0.511. The van der Waals surface area contributed by atoms with E-state index in [4.69, 9.17) is 20.9 Å². The van der Waals surface area contributed by atoms with Crippen LogP contribution < -0.4 is 4.74 Å². The Hall–Kier alpha value is -1.50. The summed E-state index contributed by atoms with van der Waals surface area (Å²) < 4.78 is 11.8. The van der Waals surface area contributed by atoms with E-state index in [1.165, 1.54) is 11.8 Å². The highest BCUT2D eigenvalue weighted by Crippen LogP contribution is 2.22. The summed E-state index contributed by atoms with van der Waals surface area (Å²) in [6.07, 6.45) is 0. The lowest BCUT2D eigenvalue weighted by atomic mass is 10.2. The highest BCUT2D eigenvalue weighted by atomic mass is 79.9. The lowest BCUT2D eigenvalue weighted by Gasteiger charge is -2.02. The van der Waals surface area contributed by atoms with Crippen LogP contribution in [-0.4, -0.2) is 10.1 Å². The van der Waals surface area contributed by atoms with E-state index in [0.717, 1.165) is 26.6 Å². The Morgan fingerprint density at radius 2 is 1.83 bits per heavy atom. The Balaban J connectivity index is 1.51. The van der Waals surface area contributed by atoms with Crippen molar-refractivity contribution in [1.29, 1.82) is 0 Å². The largest absolute Gasteiger partial charge is 0.485 e. The van der Waals surface area contributed by atoms with Crippen LogP contribution in [0.2, 0.25) is 5.02 Å². The van der Waals surface area contributed by atoms with Crippen molar-refractivity contribution in [2.75, 3.05) is 0 Å². The second-order valence-corrected chi connectivity index (χ2v) is 6.91. The molecule has 0 N–H and O–H groups in total. The van der Waals surface area contributed by atoms with Crippen molar-refractivity contribution in [2.24, 2.45) is 0 Å². The summed E-state index contributed by atoms with van der Waals surface area (Å²) in [5.41, 5.74) is 1.14. The summed E-state index contributed by atoms with van der Waals surface area (Å²) in [5, 5.41) is 5.16. The van der Waals surface area contributed by atoms with Gasteiger partial charge in [-0.15, -0.1) is 0 Å². The predicted octanol–water partition coefficient (Wildman–Crippen LogP) is 5.36. The van der Waals surface area contributed by atoms with Gasteiger partial charge in [-0.05, 0) is 42.0 Å². The van der Waals surface area contributed by atoms with Crippen molar-refractivity contribution in [3.05, 3.63) is 69.4 Å². The topological polar surface area (TPSA) is 48.2 Å². The lowest BCUT2D eigenvalue weighted by molar-refractivity contribution is 0.281. The van der Waals surface area contributed by atoms with E-state index in [-0.39, 0.29) is 6.61 Å². The number of halogens is 2. The summed E-state index contributed by atoms with van der Waals surface area (Å²) in [6, 6.07) is 15.3. The van der Waals surface area contributed by atoms with Gasteiger partial charge in [-0.1, -0.05) is 56.6 Å². The molecule has 3 aromatic rings. The molecule has 0 atom stereocenters. The van der Waals surface area contributed by atoms with Gasteiger partial charge in [0.15, 0.2) is 6.61 Å². The van der Waals surface area contributed by atoms with Crippen LogP contribution in [0.5, 0.6) is 5.75 Å². The van der Waals surface area contributed by atoms with E-state index in [0.29, 0.717) is 11.0 Å². The first-order valence-corrected chi connectivity index (χ1v) is 8.93. The van der Waals surface area contributed by atoms with Gasteiger partial charge in [-0.25, -0.2) is 0 Å². The van der Waals surface area contributed by atoms with E-state index < -0.39 is 0 Å². The molecule has 1 heterocycles. The molecule has 0 bridgehead atoms. The van der Waals surface area contributed by atoms with Crippen LogP contribution in [-0.2, 0) is 12.4 Å². The number of benzene rings is 2. The first-order chi connectivity index (χ1) is 11.2. The second kappa shape index (κ2) is 7.86. The average molecular weight is 412 g/mol. The van der Waals surface area contributed by atoms with Gasteiger partial charge in [0.2, 0.25) is 5.82 Å². The molecule has 1 aromatic heterocycles. The van der Waals surface area contributed by atoms with Gasteiger partial charge >= 0.3 is 0 Å². The molecule has 0 amide bonds. The first-order valence-electron chi connectivity index (χ1n) is 6.77. The van der Waals surface area contributed by atoms with E-state index >= 15 is 0 Å². The molecule has 0 radical (unpaired) electrons. The van der Waals surface area contributed by atoms with Crippen molar-refractivity contribution < 1.29 is 9.26 Å². The molecule has 0 saturated heterocycles. The minimum Gasteiger partial charge on any atom is -0.485 e. The second-order valence-electron chi connectivity index (χ2n) is 4.63. The molecule has 118 valence electrons. The summed E-state index contributed by atoms with van der Waals surface area (Å²) in [6.45, 7) is 0.270. The minimum atomic E-state index is 0.270. The molecule has 0 aliphatic carbocycles. The maximum Gasteiger partial charge on any atom is 0.286 e. The zero-order valence-electron chi connectivity index (χ0n) is 11.9. The van der Waals surface area contributed by atoms with E-state index in [1.54, 1.807) is 0 Å². The third-order valence-electron chi connectivity index (χ3n) is 2.91. The van der Waals surface area contributed by atoms with Crippen LogP contribution in [0, 0.1) is 0 Å². The van der Waals surface area contributed by atoms with Crippen molar-refractivity contribution in [3.8, 4) is 5.75 Å².